The van der Waals surface area contributed by atoms with E-state index in [4.69, 9.17) is 4.42 Å². The zero-order chi connectivity index (χ0) is 13.2. The molecule has 0 amide bonds. The summed E-state index contributed by atoms with van der Waals surface area (Å²) in [5, 5.41) is 3.45. The lowest BCUT2D eigenvalue weighted by Gasteiger charge is -2.25. The molecule has 1 saturated heterocycles. The summed E-state index contributed by atoms with van der Waals surface area (Å²) in [7, 11) is 0. The highest BCUT2D eigenvalue weighted by Gasteiger charge is 2.23. The van der Waals surface area contributed by atoms with Crippen molar-refractivity contribution in [2.45, 2.75) is 38.6 Å². The SMILES string of the molecule is Cc1cnc(C(C)n2cncc2C2CCCNC2)o1. The Morgan fingerprint density at radius 1 is 1.47 bits per heavy atom. The van der Waals surface area contributed by atoms with Gasteiger partial charge in [0.1, 0.15) is 11.8 Å². The first kappa shape index (κ1) is 12.4. The molecule has 2 aromatic rings. The number of aryl methyl sites for hydroxylation is 1. The van der Waals surface area contributed by atoms with Crippen LogP contribution in [0.2, 0.25) is 0 Å². The first-order valence-corrected chi connectivity index (χ1v) is 6.90. The number of piperidine rings is 1. The van der Waals surface area contributed by atoms with E-state index in [2.05, 4.69) is 26.8 Å². The van der Waals surface area contributed by atoms with Gasteiger partial charge in [0.2, 0.25) is 5.89 Å². The molecule has 1 fully saturated rings. The molecule has 5 heteroatoms. The van der Waals surface area contributed by atoms with Crippen molar-refractivity contribution in [1.82, 2.24) is 19.9 Å². The summed E-state index contributed by atoms with van der Waals surface area (Å²) in [6.07, 6.45) is 8.07. The Morgan fingerprint density at radius 3 is 3.05 bits per heavy atom. The number of nitrogens with one attached hydrogen (secondary N) is 1. The van der Waals surface area contributed by atoms with E-state index in [0.717, 1.165) is 24.7 Å². The first-order chi connectivity index (χ1) is 9.25. The molecule has 1 aliphatic rings. The second-order valence-electron chi connectivity index (χ2n) is 5.25. The Morgan fingerprint density at radius 2 is 2.37 bits per heavy atom. The zero-order valence-electron chi connectivity index (χ0n) is 11.5. The van der Waals surface area contributed by atoms with Crippen molar-refractivity contribution in [2.24, 2.45) is 0 Å². The van der Waals surface area contributed by atoms with Crippen LogP contribution in [0.1, 0.15) is 49.1 Å². The number of oxazole rings is 1. The molecule has 102 valence electrons. The van der Waals surface area contributed by atoms with Gasteiger partial charge in [-0.25, -0.2) is 9.97 Å². The summed E-state index contributed by atoms with van der Waals surface area (Å²) in [4.78, 5) is 8.64. The molecule has 3 rings (SSSR count). The summed E-state index contributed by atoms with van der Waals surface area (Å²) in [6.45, 7) is 6.18. The van der Waals surface area contributed by atoms with Crippen LogP contribution in [-0.4, -0.2) is 27.6 Å². The summed E-state index contributed by atoms with van der Waals surface area (Å²) in [6, 6.07) is 0.0909. The topological polar surface area (TPSA) is 55.9 Å². The number of imidazole rings is 1. The van der Waals surface area contributed by atoms with Gasteiger partial charge >= 0.3 is 0 Å². The van der Waals surface area contributed by atoms with Crippen molar-refractivity contribution in [1.29, 1.82) is 0 Å². The molecule has 0 saturated carbocycles. The van der Waals surface area contributed by atoms with Crippen LogP contribution in [0.4, 0.5) is 0 Å². The minimum atomic E-state index is 0.0909. The monoisotopic (exact) mass is 260 g/mol. The number of hydrogen-bond donors (Lipinski definition) is 1. The van der Waals surface area contributed by atoms with Crippen molar-refractivity contribution in [3.05, 3.63) is 36.1 Å². The fourth-order valence-electron chi connectivity index (χ4n) is 2.74. The molecule has 19 heavy (non-hydrogen) atoms. The normalized spacial score (nSPS) is 21.5. The second kappa shape index (κ2) is 5.17. The Kier molecular flexibility index (Phi) is 3.38. The highest BCUT2D eigenvalue weighted by Crippen LogP contribution is 2.27. The molecule has 2 aromatic heterocycles. The Labute approximate surface area is 113 Å². The molecule has 0 bridgehead atoms. The summed E-state index contributed by atoms with van der Waals surface area (Å²) in [5.74, 6) is 2.14. The van der Waals surface area contributed by atoms with Gasteiger partial charge in [-0.15, -0.1) is 0 Å². The summed E-state index contributed by atoms with van der Waals surface area (Å²) < 4.78 is 7.82. The van der Waals surface area contributed by atoms with Gasteiger partial charge in [0, 0.05) is 24.4 Å². The minimum absolute atomic E-state index is 0.0909. The molecule has 2 unspecified atom stereocenters. The number of rotatable bonds is 3. The van der Waals surface area contributed by atoms with Crippen molar-refractivity contribution in [3.8, 4) is 0 Å². The molecule has 0 aliphatic carbocycles. The lowest BCUT2D eigenvalue weighted by atomic mass is 9.96. The molecule has 5 nitrogen and oxygen atoms in total. The van der Waals surface area contributed by atoms with Crippen molar-refractivity contribution >= 4 is 0 Å². The lowest BCUT2D eigenvalue weighted by Crippen LogP contribution is -2.30. The second-order valence-corrected chi connectivity index (χ2v) is 5.25. The van der Waals surface area contributed by atoms with Crippen LogP contribution in [0.15, 0.2) is 23.1 Å². The molecule has 0 radical (unpaired) electrons. The van der Waals surface area contributed by atoms with Crippen molar-refractivity contribution in [3.63, 3.8) is 0 Å². The van der Waals surface area contributed by atoms with Crippen LogP contribution in [0.3, 0.4) is 0 Å². The Balaban J connectivity index is 1.86. The van der Waals surface area contributed by atoms with E-state index in [1.807, 2.05) is 19.4 Å². The van der Waals surface area contributed by atoms with Gasteiger partial charge in [0.05, 0.1) is 12.5 Å². The van der Waals surface area contributed by atoms with Gasteiger partial charge in [-0.2, -0.15) is 0 Å². The Hall–Kier alpha value is -1.62. The van der Waals surface area contributed by atoms with Gasteiger partial charge in [-0.1, -0.05) is 0 Å². The third-order valence-corrected chi connectivity index (χ3v) is 3.82. The van der Waals surface area contributed by atoms with E-state index in [1.165, 1.54) is 18.5 Å². The number of nitrogens with zero attached hydrogens (tertiary/aromatic N) is 3. The molecule has 1 aliphatic heterocycles. The maximum Gasteiger partial charge on any atom is 0.217 e. The molecule has 2 atom stereocenters. The van der Waals surface area contributed by atoms with Gasteiger partial charge in [0.25, 0.3) is 0 Å². The standard InChI is InChI=1S/C14H20N4O/c1-10-6-17-14(19-10)11(2)18-9-16-8-13(18)12-4-3-5-15-7-12/h6,8-9,11-12,15H,3-5,7H2,1-2H3. The third-order valence-electron chi connectivity index (χ3n) is 3.82. The molecule has 0 aromatic carbocycles. The highest BCUT2D eigenvalue weighted by atomic mass is 16.4. The lowest BCUT2D eigenvalue weighted by molar-refractivity contribution is 0.391. The van der Waals surface area contributed by atoms with Gasteiger partial charge < -0.3 is 14.3 Å². The average molecular weight is 260 g/mol. The highest BCUT2D eigenvalue weighted by molar-refractivity contribution is 5.12. The number of hydrogen-bond acceptors (Lipinski definition) is 4. The maximum absolute atomic E-state index is 5.64. The Bertz CT molecular complexity index is 539. The molecule has 0 spiro atoms. The molecule has 1 N–H and O–H groups in total. The fraction of sp³-hybridized carbons (Fsp3) is 0.571. The van der Waals surface area contributed by atoms with Crippen molar-refractivity contribution < 1.29 is 4.42 Å². The fourth-order valence-corrected chi connectivity index (χ4v) is 2.74. The van der Waals surface area contributed by atoms with Gasteiger partial charge in [-0.05, 0) is 33.2 Å². The van der Waals surface area contributed by atoms with E-state index in [0.29, 0.717) is 5.92 Å². The molecule has 3 heterocycles. The van der Waals surface area contributed by atoms with Gasteiger partial charge in [-0.3, -0.25) is 0 Å². The smallest absolute Gasteiger partial charge is 0.217 e. The number of aromatic nitrogens is 3. The van der Waals surface area contributed by atoms with E-state index in [-0.39, 0.29) is 6.04 Å². The van der Waals surface area contributed by atoms with E-state index in [1.54, 1.807) is 6.20 Å². The van der Waals surface area contributed by atoms with Crippen LogP contribution < -0.4 is 5.32 Å². The molecular formula is C14H20N4O. The van der Waals surface area contributed by atoms with Crippen molar-refractivity contribution in [2.75, 3.05) is 13.1 Å². The quantitative estimate of drug-likeness (QED) is 0.919. The van der Waals surface area contributed by atoms with Crippen LogP contribution in [0.25, 0.3) is 0 Å². The average Bonchev–Trinajstić information content (AvgIpc) is 3.07. The van der Waals surface area contributed by atoms with Crippen LogP contribution in [0.5, 0.6) is 0 Å². The van der Waals surface area contributed by atoms with Crippen LogP contribution in [-0.2, 0) is 0 Å². The zero-order valence-corrected chi connectivity index (χ0v) is 11.5. The minimum Gasteiger partial charge on any atom is -0.444 e. The largest absolute Gasteiger partial charge is 0.444 e. The predicted molar refractivity (Wildman–Crippen MR) is 72.1 cm³/mol. The third kappa shape index (κ3) is 2.42. The van der Waals surface area contributed by atoms with Crippen LogP contribution >= 0.6 is 0 Å². The summed E-state index contributed by atoms with van der Waals surface area (Å²) in [5.41, 5.74) is 1.27. The van der Waals surface area contributed by atoms with Gasteiger partial charge in [0.15, 0.2) is 0 Å². The van der Waals surface area contributed by atoms with E-state index < -0.39 is 0 Å². The molecular weight excluding hydrogens is 240 g/mol. The van der Waals surface area contributed by atoms with E-state index in [9.17, 15) is 0 Å². The summed E-state index contributed by atoms with van der Waals surface area (Å²) >= 11 is 0. The maximum atomic E-state index is 5.64. The van der Waals surface area contributed by atoms with Crippen LogP contribution in [0, 0.1) is 6.92 Å². The van der Waals surface area contributed by atoms with E-state index >= 15 is 0 Å². The first-order valence-electron chi connectivity index (χ1n) is 6.90. The predicted octanol–water partition coefficient (Wildman–Crippen LogP) is 2.26.